The summed E-state index contributed by atoms with van der Waals surface area (Å²) in [7, 11) is 0. The second kappa shape index (κ2) is 5.30. The van der Waals surface area contributed by atoms with Crippen LogP contribution in [0.15, 0.2) is 82.4 Å². The number of esters is 1. The maximum absolute atomic E-state index is 12.6. The van der Waals surface area contributed by atoms with Crippen molar-refractivity contribution in [2.24, 2.45) is 0 Å². The Balaban J connectivity index is 1.88. The number of rotatable bonds is 1. The van der Waals surface area contributed by atoms with Crippen molar-refractivity contribution >= 4 is 34.1 Å². The van der Waals surface area contributed by atoms with Crippen LogP contribution in [0.25, 0.3) is 5.57 Å². The van der Waals surface area contributed by atoms with E-state index in [0.717, 1.165) is 31.4 Å². The largest absolute Gasteiger partial charge is 0.440 e. The summed E-state index contributed by atoms with van der Waals surface area (Å²) in [5.41, 5.74) is 5.20. The molecule has 3 aromatic rings. The first kappa shape index (κ1) is 14.9. The van der Waals surface area contributed by atoms with E-state index in [1.807, 2.05) is 54.6 Å². The molecule has 2 nitrogen and oxygen atoms in total. The van der Waals surface area contributed by atoms with Crippen LogP contribution in [-0.4, -0.2) is 5.97 Å². The van der Waals surface area contributed by atoms with Crippen molar-refractivity contribution in [3.63, 3.8) is 0 Å². The number of hydrogen-bond acceptors (Lipinski definition) is 2. The molecule has 0 saturated heterocycles. The molecule has 0 radical (unpaired) electrons. The first-order chi connectivity index (χ1) is 12.2. The number of carbonyl (C=O) groups is 1. The molecule has 5 rings (SSSR count). The molecule has 0 N–H and O–H groups in total. The summed E-state index contributed by atoms with van der Waals surface area (Å²) in [4.78, 5) is 12.6. The lowest BCUT2D eigenvalue weighted by atomic mass is 9.87. The van der Waals surface area contributed by atoms with Gasteiger partial charge in [-0.2, -0.15) is 0 Å². The maximum Gasteiger partial charge on any atom is 0.340 e. The molecule has 1 atom stereocenters. The number of carbonyl (C=O) groups excluding carboxylic acids is 1. The molecule has 0 saturated carbocycles. The Morgan fingerprint density at radius 1 is 0.720 bits per heavy atom. The molecule has 0 bridgehead atoms. The fraction of sp³-hybridized carbons (Fsp3) is 0.0455. The number of hydrogen-bond donors (Lipinski definition) is 0. The van der Waals surface area contributed by atoms with E-state index in [-0.39, 0.29) is 5.97 Å². The Bertz CT molecular complexity index is 1050. The van der Waals surface area contributed by atoms with Gasteiger partial charge in [0.05, 0.1) is 9.14 Å². The van der Waals surface area contributed by atoms with Crippen molar-refractivity contribution in [1.29, 1.82) is 0 Å². The van der Waals surface area contributed by atoms with Gasteiger partial charge in [-0.3, -0.25) is 0 Å². The normalized spacial score (nSPS) is 20.6. The molecule has 1 aliphatic carbocycles. The molecule has 0 amide bonds. The van der Waals surface area contributed by atoms with Crippen LogP contribution >= 0.6 is 22.6 Å². The molecule has 0 fully saturated rings. The van der Waals surface area contributed by atoms with Crippen molar-refractivity contribution in [3.05, 3.63) is 110 Å². The second-order valence-electron chi connectivity index (χ2n) is 6.22. The molecule has 2 aliphatic rings. The average Bonchev–Trinajstić information content (AvgIpc) is 3.10. The number of benzene rings is 3. The molecule has 1 aliphatic heterocycles. The van der Waals surface area contributed by atoms with Crippen LogP contribution in [-0.2, 0) is 10.3 Å². The van der Waals surface area contributed by atoms with E-state index in [2.05, 4.69) is 46.9 Å². The summed E-state index contributed by atoms with van der Waals surface area (Å²) >= 11 is 2.36. The van der Waals surface area contributed by atoms with E-state index in [1.54, 1.807) is 0 Å². The predicted octanol–water partition coefficient (Wildman–Crippen LogP) is 5.31. The van der Waals surface area contributed by atoms with Crippen LogP contribution in [0.4, 0.5) is 0 Å². The van der Waals surface area contributed by atoms with Crippen LogP contribution in [0.3, 0.4) is 0 Å². The molecule has 1 heterocycles. The van der Waals surface area contributed by atoms with Gasteiger partial charge in [0.1, 0.15) is 0 Å². The van der Waals surface area contributed by atoms with Gasteiger partial charge in [-0.1, -0.05) is 72.8 Å². The van der Waals surface area contributed by atoms with Crippen molar-refractivity contribution in [1.82, 2.24) is 0 Å². The minimum atomic E-state index is -0.823. The Kier molecular flexibility index (Phi) is 3.16. The number of halogens is 1. The van der Waals surface area contributed by atoms with Crippen molar-refractivity contribution < 1.29 is 9.53 Å². The van der Waals surface area contributed by atoms with Gasteiger partial charge in [-0.05, 0) is 39.8 Å². The number of fused-ring (bicyclic) bond motifs is 4. The van der Waals surface area contributed by atoms with Gasteiger partial charge in [0.2, 0.25) is 0 Å². The van der Waals surface area contributed by atoms with Gasteiger partial charge < -0.3 is 4.74 Å². The number of ether oxygens (including phenoxy) is 1. The lowest BCUT2D eigenvalue weighted by Gasteiger charge is -2.26. The molecule has 25 heavy (non-hydrogen) atoms. The molecule has 0 aromatic heterocycles. The van der Waals surface area contributed by atoms with Gasteiger partial charge in [0, 0.05) is 16.7 Å². The summed E-state index contributed by atoms with van der Waals surface area (Å²) in [6, 6.07) is 26.2. The van der Waals surface area contributed by atoms with Crippen molar-refractivity contribution in [2.45, 2.75) is 5.60 Å². The van der Waals surface area contributed by atoms with Crippen LogP contribution in [0.2, 0.25) is 0 Å². The standard InChI is InChI=1S/C22H13IO2/c23-20-19(14-8-2-1-3-9-14)15-10-4-6-12-17(15)22(20)18-13-7-5-11-16(18)21(24)25-22/h1-13H. The zero-order chi connectivity index (χ0) is 17.0. The van der Waals surface area contributed by atoms with Gasteiger partial charge in [-0.25, -0.2) is 4.79 Å². The highest BCUT2D eigenvalue weighted by Crippen LogP contribution is 2.58. The third kappa shape index (κ3) is 1.87. The van der Waals surface area contributed by atoms with Crippen LogP contribution in [0.1, 0.15) is 32.6 Å². The fourth-order valence-electron chi connectivity index (χ4n) is 3.89. The van der Waals surface area contributed by atoms with Gasteiger partial charge >= 0.3 is 5.97 Å². The van der Waals surface area contributed by atoms with Gasteiger partial charge in [-0.15, -0.1) is 0 Å². The SMILES string of the molecule is O=C1OC2(C(I)=C(c3ccccc3)c3ccccc32)c2ccccc21. The van der Waals surface area contributed by atoms with E-state index in [4.69, 9.17) is 4.74 Å². The zero-order valence-corrected chi connectivity index (χ0v) is 15.4. The van der Waals surface area contributed by atoms with E-state index >= 15 is 0 Å². The fourth-order valence-corrected chi connectivity index (χ4v) is 5.18. The highest BCUT2D eigenvalue weighted by molar-refractivity contribution is 14.1. The Morgan fingerprint density at radius 2 is 1.28 bits per heavy atom. The van der Waals surface area contributed by atoms with Gasteiger partial charge in [0.15, 0.2) is 5.60 Å². The highest BCUT2D eigenvalue weighted by Gasteiger charge is 2.54. The third-order valence-electron chi connectivity index (χ3n) is 4.94. The topological polar surface area (TPSA) is 26.3 Å². The Morgan fingerprint density at radius 3 is 2.00 bits per heavy atom. The molecule has 1 unspecified atom stereocenters. The molecule has 3 aromatic carbocycles. The van der Waals surface area contributed by atoms with Crippen LogP contribution in [0.5, 0.6) is 0 Å². The Hall–Kier alpha value is -2.40. The monoisotopic (exact) mass is 436 g/mol. The summed E-state index contributed by atoms with van der Waals surface area (Å²) in [6.45, 7) is 0. The van der Waals surface area contributed by atoms with E-state index in [0.29, 0.717) is 5.56 Å². The first-order valence-electron chi connectivity index (χ1n) is 8.12. The zero-order valence-electron chi connectivity index (χ0n) is 13.2. The predicted molar refractivity (Wildman–Crippen MR) is 106 cm³/mol. The lowest BCUT2D eigenvalue weighted by Crippen LogP contribution is -2.26. The van der Waals surface area contributed by atoms with E-state index in [9.17, 15) is 4.79 Å². The lowest BCUT2D eigenvalue weighted by molar-refractivity contribution is 0.0278. The molecule has 3 heteroatoms. The van der Waals surface area contributed by atoms with Crippen molar-refractivity contribution in [2.75, 3.05) is 0 Å². The molecule has 1 spiro atoms. The van der Waals surface area contributed by atoms with Crippen LogP contribution in [0, 0.1) is 0 Å². The third-order valence-corrected chi connectivity index (χ3v) is 6.24. The van der Waals surface area contributed by atoms with E-state index < -0.39 is 5.60 Å². The van der Waals surface area contributed by atoms with Crippen molar-refractivity contribution in [3.8, 4) is 0 Å². The summed E-state index contributed by atoms with van der Waals surface area (Å²) < 4.78 is 7.10. The Labute approximate surface area is 159 Å². The second-order valence-corrected chi connectivity index (χ2v) is 7.30. The smallest absolute Gasteiger partial charge is 0.340 e. The molecule has 120 valence electrons. The highest BCUT2D eigenvalue weighted by atomic mass is 127. The summed E-state index contributed by atoms with van der Waals surface area (Å²) in [5.74, 6) is -0.256. The van der Waals surface area contributed by atoms with E-state index in [1.165, 1.54) is 0 Å². The summed E-state index contributed by atoms with van der Waals surface area (Å²) in [6.07, 6.45) is 0. The quantitative estimate of drug-likeness (QED) is 0.382. The first-order valence-corrected chi connectivity index (χ1v) is 9.20. The molecular formula is C22H13IO2. The average molecular weight is 436 g/mol. The maximum atomic E-state index is 12.6. The minimum Gasteiger partial charge on any atom is -0.440 e. The molecular weight excluding hydrogens is 423 g/mol. The van der Waals surface area contributed by atoms with Gasteiger partial charge in [0.25, 0.3) is 0 Å². The van der Waals surface area contributed by atoms with Crippen LogP contribution < -0.4 is 0 Å². The minimum absolute atomic E-state index is 0.256. The summed E-state index contributed by atoms with van der Waals surface area (Å²) in [5, 5.41) is 0.